The van der Waals surface area contributed by atoms with E-state index in [2.05, 4.69) is 98.0 Å². The van der Waals surface area contributed by atoms with E-state index in [0.717, 1.165) is 6.42 Å². The van der Waals surface area contributed by atoms with Crippen molar-refractivity contribution in [2.75, 3.05) is 0 Å². The second-order valence-electron chi connectivity index (χ2n) is 8.62. The summed E-state index contributed by atoms with van der Waals surface area (Å²) in [4.78, 5) is 0. The molecule has 6 rings (SSSR count). The Morgan fingerprint density at radius 1 is 0.517 bits per heavy atom. The average molecular weight is 405 g/mol. The van der Waals surface area contributed by atoms with Crippen molar-refractivity contribution in [2.24, 2.45) is 0 Å². The first kappa shape index (κ1) is 17.2. The lowest BCUT2D eigenvalue weighted by Gasteiger charge is -2.25. The van der Waals surface area contributed by atoms with Crippen molar-refractivity contribution in [3.8, 4) is 22.3 Å². The molecule has 2 heteroatoms. The molecule has 0 radical (unpaired) electrons. The molecule has 0 nitrogen and oxygen atoms in total. The maximum Gasteiger partial charge on any atom is 0.101 e. The number of fused-ring (bicyclic) bond motifs is 5. The SMILES string of the molecule is C[Si@@H]1c2ccccc2Cc2ccc(-c3ccc4c(c3)[Si@@H](C)c3ccccc3-4)cc21. The van der Waals surface area contributed by atoms with Gasteiger partial charge in [0.05, 0.1) is 0 Å². The third kappa shape index (κ3) is 2.56. The zero-order valence-electron chi connectivity index (χ0n) is 16.9. The highest BCUT2D eigenvalue weighted by molar-refractivity contribution is 6.88. The lowest BCUT2D eigenvalue weighted by molar-refractivity contribution is 1.21. The Morgan fingerprint density at radius 3 is 1.97 bits per heavy atom. The molecule has 4 aromatic rings. The van der Waals surface area contributed by atoms with Crippen molar-refractivity contribution >= 4 is 38.3 Å². The summed E-state index contributed by atoms with van der Waals surface area (Å²) in [6.45, 7) is 4.97. The molecule has 2 aliphatic heterocycles. The van der Waals surface area contributed by atoms with Gasteiger partial charge in [0.15, 0.2) is 0 Å². The van der Waals surface area contributed by atoms with E-state index in [1.165, 1.54) is 22.3 Å². The summed E-state index contributed by atoms with van der Waals surface area (Å²) in [6, 6.07) is 32.6. The van der Waals surface area contributed by atoms with Gasteiger partial charge in [0.25, 0.3) is 0 Å². The van der Waals surface area contributed by atoms with Crippen molar-refractivity contribution < 1.29 is 0 Å². The summed E-state index contributed by atoms with van der Waals surface area (Å²) in [5.74, 6) is 0. The minimum absolute atomic E-state index is 1.07. The molecule has 0 fully saturated rings. The van der Waals surface area contributed by atoms with Crippen LogP contribution in [0.5, 0.6) is 0 Å². The van der Waals surface area contributed by atoms with Crippen LogP contribution in [0, 0.1) is 0 Å². The van der Waals surface area contributed by atoms with Crippen LogP contribution in [0.3, 0.4) is 0 Å². The van der Waals surface area contributed by atoms with E-state index >= 15 is 0 Å². The molecule has 2 aliphatic rings. The second-order valence-corrected chi connectivity index (χ2v) is 14.0. The monoisotopic (exact) mass is 404 g/mol. The summed E-state index contributed by atoms with van der Waals surface area (Å²) in [5.41, 5.74) is 8.81. The van der Waals surface area contributed by atoms with Crippen LogP contribution in [0.4, 0.5) is 0 Å². The van der Waals surface area contributed by atoms with E-state index in [4.69, 9.17) is 0 Å². The molecule has 0 bridgehead atoms. The molecule has 140 valence electrons. The maximum atomic E-state index is 2.51. The van der Waals surface area contributed by atoms with Crippen molar-refractivity contribution in [2.45, 2.75) is 19.5 Å². The predicted octanol–water partition coefficient (Wildman–Crippen LogP) is 3.18. The van der Waals surface area contributed by atoms with Gasteiger partial charge in [0.2, 0.25) is 0 Å². The van der Waals surface area contributed by atoms with E-state index in [-0.39, 0.29) is 0 Å². The van der Waals surface area contributed by atoms with Crippen LogP contribution in [0.15, 0.2) is 84.9 Å². The standard InChI is InChI=1S/C27H24Si2/c1-28-24-9-5-3-7-20(24)15-21-12-11-18(16-26(21)28)19-13-14-23-22-8-4-6-10-25(22)29(2)27(23)17-19/h3-14,16-17,28-29H,15H2,1-2H3/t28-,29+/m1/s1. The van der Waals surface area contributed by atoms with E-state index in [1.54, 1.807) is 31.9 Å². The lowest BCUT2D eigenvalue weighted by Crippen LogP contribution is -2.46. The minimum Gasteiger partial charge on any atom is -0.0641 e. The van der Waals surface area contributed by atoms with Crippen molar-refractivity contribution in [1.82, 2.24) is 0 Å². The van der Waals surface area contributed by atoms with Crippen LogP contribution >= 0.6 is 0 Å². The number of benzene rings is 4. The second kappa shape index (κ2) is 6.41. The molecule has 0 saturated heterocycles. The minimum atomic E-state index is -1.11. The summed E-state index contributed by atoms with van der Waals surface area (Å²) in [6.07, 6.45) is 1.09. The molecule has 2 heterocycles. The van der Waals surface area contributed by atoms with Crippen LogP contribution in [-0.4, -0.2) is 17.6 Å². The summed E-state index contributed by atoms with van der Waals surface area (Å²) >= 11 is 0. The number of hydrogen-bond donors (Lipinski definition) is 0. The van der Waals surface area contributed by atoms with Crippen molar-refractivity contribution in [1.29, 1.82) is 0 Å². The van der Waals surface area contributed by atoms with E-state index in [0.29, 0.717) is 0 Å². The van der Waals surface area contributed by atoms with Gasteiger partial charge in [-0.2, -0.15) is 0 Å². The highest BCUT2D eigenvalue weighted by atomic mass is 28.3. The van der Waals surface area contributed by atoms with Gasteiger partial charge < -0.3 is 0 Å². The van der Waals surface area contributed by atoms with E-state index in [1.807, 2.05) is 0 Å². The summed E-state index contributed by atoms with van der Waals surface area (Å²) in [5, 5.41) is 6.47. The molecule has 2 atom stereocenters. The van der Waals surface area contributed by atoms with Gasteiger partial charge in [0, 0.05) is 0 Å². The summed E-state index contributed by atoms with van der Waals surface area (Å²) < 4.78 is 0. The van der Waals surface area contributed by atoms with Gasteiger partial charge >= 0.3 is 0 Å². The predicted molar refractivity (Wildman–Crippen MR) is 131 cm³/mol. The third-order valence-corrected chi connectivity index (χ3v) is 12.9. The molecule has 0 N–H and O–H groups in total. The highest BCUT2D eigenvalue weighted by Crippen LogP contribution is 2.28. The average Bonchev–Trinajstić information content (AvgIpc) is 3.06. The Morgan fingerprint density at radius 2 is 1.10 bits per heavy atom. The molecule has 0 amide bonds. The number of hydrogen-bond acceptors (Lipinski definition) is 0. The fourth-order valence-electron chi connectivity index (χ4n) is 5.46. The Kier molecular flexibility index (Phi) is 3.80. The van der Waals surface area contributed by atoms with Crippen LogP contribution in [0.25, 0.3) is 22.3 Å². The van der Waals surface area contributed by atoms with Gasteiger partial charge in [-0.1, -0.05) is 114 Å². The lowest BCUT2D eigenvalue weighted by atomic mass is 9.97. The fourth-order valence-corrected chi connectivity index (χ4v) is 10.7. The van der Waals surface area contributed by atoms with Gasteiger partial charge in [-0.15, -0.1) is 0 Å². The molecule has 4 aromatic carbocycles. The third-order valence-electron chi connectivity index (χ3n) is 7.08. The Balaban J connectivity index is 1.43. The zero-order chi connectivity index (χ0) is 19.5. The zero-order valence-corrected chi connectivity index (χ0v) is 19.3. The van der Waals surface area contributed by atoms with Crippen LogP contribution in [-0.2, 0) is 6.42 Å². The number of rotatable bonds is 1. The quantitative estimate of drug-likeness (QED) is 0.428. The van der Waals surface area contributed by atoms with Crippen molar-refractivity contribution in [3.63, 3.8) is 0 Å². The molecule has 0 unspecified atom stereocenters. The normalized spacial score (nSPS) is 18.6. The molecule has 0 spiro atoms. The molecule has 29 heavy (non-hydrogen) atoms. The molecule has 0 aliphatic carbocycles. The van der Waals surface area contributed by atoms with Crippen LogP contribution in [0.2, 0.25) is 13.1 Å². The Labute approximate surface area is 176 Å². The summed E-state index contributed by atoms with van der Waals surface area (Å²) in [7, 11) is -2.18. The Hall–Kier alpha value is -2.69. The first-order chi connectivity index (χ1) is 14.2. The first-order valence-electron chi connectivity index (χ1n) is 10.6. The van der Waals surface area contributed by atoms with Crippen LogP contribution in [0.1, 0.15) is 11.1 Å². The smallest absolute Gasteiger partial charge is 0.0641 e. The molecule has 0 aromatic heterocycles. The van der Waals surface area contributed by atoms with E-state index in [9.17, 15) is 0 Å². The Bertz CT molecular complexity index is 1270. The molecule has 0 saturated carbocycles. The topological polar surface area (TPSA) is 0 Å². The van der Waals surface area contributed by atoms with Crippen molar-refractivity contribution in [3.05, 3.63) is 96.1 Å². The fraction of sp³-hybridized carbons (Fsp3) is 0.111. The maximum absolute atomic E-state index is 2.51. The van der Waals surface area contributed by atoms with Gasteiger partial charge in [-0.25, -0.2) is 0 Å². The van der Waals surface area contributed by atoms with Gasteiger partial charge in [0.1, 0.15) is 17.6 Å². The van der Waals surface area contributed by atoms with Crippen LogP contribution < -0.4 is 20.7 Å². The first-order valence-corrected chi connectivity index (χ1v) is 15.3. The van der Waals surface area contributed by atoms with E-state index < -0.39 is 17.6 Å². The largest absolute Gasteiger partial charge is 0.101 e. The van der Waals surface area contributed by atoms with Gasteiger partial charge in [-0.3, -0.25) is 0 Å². The van der Waals surface area contributed by atoms with Gasteiger partial charge in [-0.05, 0) is 45.0 Å². The molecular formula is C27H24Si2. The molecular weight excluding hydrogens is 380 g/mol. The highest BCUT2D eigenvalue weighted by Gasteiger charge is 2.27.